The van der Waals surface area contributed by atoms with Gasteiger partial charge in [0, 0.05) is 21.7 Å². The zero-order valence-corrected chi connectivity index (χ0v) is 14.5. The van der Waals surface area contributed by atoms with Crippen LogP contribution in [0.25, 0.3) is 0 Å². The lowest BCUT2D eigenvalue weighted by molar-refractivity contribution is 1.03. The molecule has 0 saturated heterocycles. The number of aliphatic imine (C=N–C) groups is 1. The predicted molar refractivity (Wildman–Crippen MR) is 104 cm³/mol. The molecular weight excluding hydrogens is 330 g/mol. The van der Waals surface area contributed by atoms with Gasteiger partial charge in [-0.1, -0.05) is 53.6 Å². The average Bonchev–Trinajstić information content (AvgIpc) is 2.82. The number of amidine groups is 1. The molecule has 0 amide bonds. The minimum atomic E-state index is 0.697. The molecule has 0 fully saturated rings. The maximum absolute atomic E-state index is 6.00. The summed E-state index contributed by atoms with van der Waals surface area (Å²) in [4.78, 5) is 4.80. The molecule has 1 N–H and O–H groups in total. The van der Waals surface area contributed by atoms with E-state index in [1.807, 2.05) is 48.5 Å². The molecule has 3 aromatic rings. The van der Waals surface area contributed by atoms with Gasteiger partial charge in [0.2, 0.25) is 0 Å². The standard InChI is InChI=1S/C21H16ClN3/c1-14-7-12-19-18(13-14)20(15-5-3-2-4-6-15)24-25-21(23-19)16-8-10-17(22)11-9-16/h2-13H,1H3,(H,23,25). The lowest BCUT2D eigenvalue weighted by Crippen LogP contribution is -2.19. The Bertz CT molecular complexity index is 974. The normalized spacial score (nSPS) is 13.2. The minimum absolute atomic E-state index is 0.697. The summed E-state index contributed by atoms with van der Waals surface area (Å²) in [6.45, 7) is 2.07. The maximum atomic E-state index is 6.00. The highest BCUT2D eigenvalue weighted by atomic mass is 35.5. The molecule has 1 aliphatic rings. The van der Waals surface area contributed by atoms with Gasteiger partial charge in [0.05, 0.1) is 11.4 Å². The van der Waals surface area contributed by atoms with Crippen LogP contribution >= 0.6 is 11.6 Å². The first kappa shape index (κ1) is 15.6. The number of aryl methyl sites for hydroxylation is 1. The van der Waals surface area contributed by atoms with Gasteiger partial charge in [-0.25, -0.2) is 4.99 Å². The van der Waals surface area contributed by atoms with E-state index in [9.17, 15) is 0 Å². The first-order valence-corrected chi connectivity index (χ1v) is 8.43. The average molecular weight is 346 g/mol. The first-order chi connectivity index (χ1) is 12.2. The molecule has 1 aliphatic heterocycles. The highest BCUT2D eigenvalue weighted by Crippen LogP contribution is 2.27. The Morgan fingerprint density at radius 1 is 0.840 bits per heavy atom. The van der Waals surface area contributed by atoms with Gasteiger partial charge in [-0.3, -0.25) is 5.43 Å². The van der Waals surface area contributed by atoms with Gasteiger partial charge in [-0.2, -0.15) is 5.10 Å². The van der Waals surface area contributed by atoms with E-state index in [0.29, 0.717) is 10.9 Å². The molecule has 25 heavy (non-hydrogen) atoms. The first-order valence-electron chi connectivity index (χ1n) is 8.05. The number of rotatable bonds is 2. The Hall–Kier alpha value is -2.91. The van der Waals surface area contributed by atoms with Crippen LogP contribution in [0, 0.1) is 6.92 Å². The van der Waals surface area contributed by atoms with Crippen molar-refractivity contribution < 1.29 is 0 Å². The van der Waals surface area contributed by atoms with Crippen molar-refractivity contribution >= 4 is 28.8 Å². The molecular formula is C21H16ClN3. The van der Waals surface area contributed by atoms with Crippen LogP contribution < -0.4 is 5.43 Å². The van der Waals surface area contributed by atoms with Crippen molar-refractivity contribution in [1.82, 2.24) is 5.43 Å². The van der Waals surface area contributed by atoms with Gasteiger partial charge in [-0.15, -0.1) is 0 Å². The molecule has 0 radical (unpaired) electrons. The molecule has 0 saturated carbocycles. The number of hydrogen-bond acceptors (Lipinski definition) is 3. The van der Waals surface area contributed by atoms with E-state index in [0.717, 1.165) is 28.1 Å². The minimum Gasteiger partial charge on any atom is -0.260 e. The van der Waals surface area contributed by atoms with Crippen molar-refractivity contribution in [2.45, 2.75) is 6.92 Å². The second kappa shape index (κ2) is 6.54. The Kier molecular flexibility index (Phi) is 4.08. The number of fused-ring (bicyclic) bond motifs is 1. The highest BCUT2D eigenvalue weighted by molar-refractivity contribution is 6.30. The topological polar surface area (TPSA) is 36.8 Å². The fourth-order valence-electron chi connectivity index (χ4n) is 2.80. The lowest BCUT2D eigenvalue weighted by atomic mass is 9.99. The van der Waals surface area contributed by atoms with Crippen LogP contribution in [-0.2, 0) is 0 Å². The Labute approximate surface area is 151 Å². The molecule has 0 aromatic heterocycles. The van der Waals surface area contributed by atoms with Crippen LogP contribution in [0.4, 0.5) is 5.69 Å². The lowest BCUT2D eigenvalue weighted by Gasteiger charge is -2.08. The second-order valence-corrected chi connectivity index (χ2v) is 6.36. The molecule has 4 rings (SSSR count). The molecule has 1 heterocycles. The van der Waals surface area contributed by atoms with Crippen LogP contribution in [0.5, 0.6) is 0 Å². The quantitative estimate of drug-likeness (QED) is 0.690. The van der Waals surface area contributed by atoms with Crippen molar-refractivity contribution in [1.29, 1.82) is 0 Å². The SMILES string of the molecule is Cc1ccc2c(c1)C(c1ccccc1)=NNC(c1ccc(Cl)cc1)=N2. The van der Waals surface area contributed by atoms with Crippen molar-refractivity contribution in [3.63, 3.8) is 0 Å². The monoisotopic (exact) mass is 345 g/mol. The summed E-state index contributed by atoms with van der Waals surface area (Å²) in [6.07, 6.45) is 0. The molecule has 3 aromatic carbocycles. The summed E-state index contributed by atoms with van der Waals surface area (Å²) in [5, 5.41) is 5.36. The van der Waals surface area contributed by atoms with Crippen molar-refractivity contribution in [2.75, 3.05) is 0 Å². The summed E-state index contributed by atoms with van der Waals surface area (Å²) in [6, 6.07) is 23.9. The van der Waals surface area contributed by atoms with Gasteiger partial charge >= 0.3 is 0 Å². The molecule has 4 heteroatoms. The molecule has 0 aliphatic carbocycles. The van der Waals surface area contributed by atoms with E-state index in [4.69, 9.17) is 16.6 Å². The number of nitrogens with zero attached hydrogens (tertiary/aromatic N) is 2. The summed E-state index contributed by atoms with van der Waals surface area (Å²) in [7, 11) is 0. The van der Waals surface area contributed by atoms with Gasteiger partial charge in [0.25, 0.3) is 0 Å². The molecule has 0 bridgehead atoms. The zero-order chi connectivity index (χ0) is 17.2. The van der Waals surface area contributed by atoms with Crippen LogP contribution in [-0.4, -0.2) is 11.5 Å². The maximum Gasteiger partial charge on any atom is 0.154 e. The highest BCUT2D eigenvalue weighted by Gasteiger charge is 2.17. The van der Waals surface area contributed by atoms with Gasteiger partial charge < -0.3 is 0 Å². The second-order valence-electron chi connectivity index (χ2n) is 5.93. The summed E-state index contributed by atoms with van der Waals surface area (Å²) in [5.41, 5.74) is 9.08. The predicted octanol–water partition coefficient (Wildman–Crippen LogP) is 5.08. The Morgan fingerprint density at radius 3 is 2.36 bits per heavy atom. The van der Waals surface area contributed by atoms with E-state index in [1.165, 1.54) is 5.56 Å². The zero-order valence-electron chi connectivity index (χ0n) is 13.7. The molecule has 0 atom stereocenters. The number of nitrogens with one attached hydrogen (secondary N) is 1. The van der Waals surface area contributed by atoms with Crippen LogP contribution in [0.1, 0.15) is 22.3 Å². The summed E-state index contributed by atoms with van der Waals surface area (Å²) >= 11 is 6.00. The van der Waals surface area contributed by atoms with E-state index in [2.05, 4.69) is 41.7 Å². The van der Waals surface area contributed by atoms with Crippen molar-refractivity contribution in [3.05, 3.63) is 100 Å². The van der Waals surface area contributed by atoms with E-state index in [-0.39, 0.29) is 0 Å². The van der Waals surface area contributed by atoms with Crippen LogP contribution in [0.2, 0.25) is 5.02 Å². The molecule has 122 valence electrons. The van der Waals surface area contributed by atoms with Crippen molar-refractivity contribution in [3.8, 4) is 0 Å². The van der Waals surface area contributed by atoms with Crippen molar-refractivity contribution in [2.24, 2.45) is 10.1 Å². The summed E-state index contributed by atoms with van der Waals surface area (Å²) in [5.74, 6) is 0.702. The number of hydrazone groups is 1. The fraction of sp³-hybridized carbons (Fsp3) is 0.0476. The third-order valence-corrected chi connectivity index (χ3v) is 4.33. The van der Waals surface area contributed by atoms with Gasteiger partial charge in [0.1, 0.15) is 0 Å². The van der Waals surface area contributed by atoms with Gasteiger partial charge in [0.15, 0.2) is 5.84 Å². The van der Waals surface area contributed by atoms with Crippen LogP contribution in [0.15, 0.2) is 82.9 Å². The Balaban J connectivity index is 1.87. The van der Waals surface area contributed by atoms with Crippen LogP contribution in [0.3, 0.4) is 0 Å². The third-order valence-electron chi connectivity index (χ3n) is 4.08. The number of hydrogen-bond donors (Lipinski definition) is 1. The van der Waals surface area contributed by atoms with E-state index < -0.39 is 0 Å². The third kappa shape index (κ3) is 3.19. The summed E-state index contributed by atoms with van der Waals surface area (Å²) < 4.78 is 0. The van der Waals surface area contributed by atoms with E-state index in [1.54, 1.807) is 0 Å². The fourth-order valence-corrected chi connectivity index (χ4v) is 2.93. The molecule has 0 unspecified atom stereocenters. The van der Waals surface area contributed by atoms with E-state index >= 15 is 0 Å². The smallest absolute Gasteiger partial charge is 0.154 e. The number of halogens is 1. The molecule has 0 spiro atoms. The van der Waals surface area contributed by atoms with Gasteiger partial charge in [-0.05, 0) is 43.3 Å². The molecule has 3 nitrogen and oxygen atoms in total. The number of benzene rings is 3. The Morgan fingerprint density at radius 2 is 1.60 bits per heavy atom. The largest absolute Gasteiger partial charge is 0.260 e.